The third-order valence-electron chi connectivity index (χ3n) is 3.58. The highest BCUT2D eigenvalue weighted by Crippen LogP contribution is 2.19. The summed E-state index contributed by atoms with van der Waals surface area (Å²) in [5.74, 6) is 0. The molecule has 1 saturated heterocycles. The SMILES string of the molecule is Cc1ccc(N2CCCN(C)CC2)cc1C. The van der Waals surface area contributed by atoms with Crippen LogP contribution in [0.4, 0.5) is 5.69 Å². The van der Waals surface area contributed by atoms with Crippen LogP contribution in [0.2, 0.25) is 0 Å². The van der Waals surface area contributed by atoms with Crippen LogP contribution in [-0.2, 0) is 0 Å². The van der Waals surface area contributed by atoms with Crippen molar-refractivity contribution < 1.29 is 0 Å². The van der Waals surface area contributed by atoms with E-state index < -0.39 is 0 Å². The van der Waals surface area contributed by atoms with Gasteiger partial charge in [0, 0.05) is 25.3 Å². The Morgan fingerprint density at radius 2 is 1.75 bits per heavy atom. The molecule has 0 radical (unpaired) electrons. The van der Waals surface area contributed by atoms with Crippen LogP contribution in [-0.4, -0.2) is 38.1 Å². The second-order valence-electron chi connectivity index (χ2n) is 4.91. The first-order chi connectivity index (χ1) is 7.66. The Hall–Kier alpha value is -1.02. The first-order valence-electron chi connectivity index (χ1n) is 6.17. The molecule has 2 rings (SSSR count). The average molecular weight is 218 g/mol. The number of likely N-dealkylation sites (N-methyl/N-ethyl adjacent to an activating group) is 1. The standard InChI is InChI=1S/C14H22N2/c1-12-5-6-14(11-13(12)2)16-8-4-7-15(3)9-10-16/h5-6,11H,4,7-10H2,1-3H3. The molecule has 2 nitrogen and oxygen atoms in total. The molecule has 1 aromatic rings. The summed E-state index contributed by atoms with van der Waals surface area (Å²) < 4.78 is 0. The molecule has 1 aromatic carbocycles. The molecule has 0 saturated carbocycles. The molecule has 0 bridgehead atoms. The maximum absolute atomic E-state index is 2.51. The van der Waals surface area contributed by atoms with E-state index in [0.29, 0.717) is 0 Å². The number of hydrogen-bond donors (Lipinski definition) is 0. The molecule has 1 aliphatic heterocycles. The largest absolute Gasteiger partial charge is 0.370 e. The third-order valence-corrected chi connectivity index (χ3v) is 3.58. The van der Waals surface area contributed by atoms with Gasteiger partial charge in [-0.3, -0.25) is 0 Å². The van der Waals surface area contributed by atoms with Gasteiger partial charge in [-0.1, -0.05) is 6.07 Å². The van der Waals surface area contributed by atoms with E-state index in [0.717, 1.165) is 6.54 Å². The molecule has 0 atom stereocenters. The average Bonchev–Trinajstić information content (AvgIpc) is 2.47. The molecule has 0 N–H and O–H groups in total. The lowest BCUT2D eigenvalue weighted by molar-refractivity contribution is 0.360. The molecule has 0 aliphatic carbocycles. The van der Waals surface area contributed by atoms with E-state index in [2.05, 4.69) is 48.9 Å². The fourth-order valence-electron chi connectivity index (χ4n) is 2.23. The zero-order valence-corrected chi connectivity index (χ0v) is 10.7. The summed E-state index contributed by atoms with van der Waals surface area (Å²) in [4.78, 5) is 4.93. The van der Waals surface area contributed by atoms with Crippen molar-refractivity contribution in [2.45, 2.75) is 20.3 Å². The molecule has 1 aliphatic rings. The van der Waals surface area contributed by atoms with Crippen molar-refractivity contribution in [3.05, 3.63) is 29.3 Å². The second-order valence-corrected chi connectivity index (χ2v) is 4.91. The summed E-state index contributed by atoms with van der Waals surface area (Å²) in [6, 6.07) is 6.81. The molecule has 0 aromatic heterocycles. The van der Waals surface area contributed by atoms with Crippen LogP contribution >= 0.6 is 0 Å². The molecular weight excluding hydrogens is 196 g/mol. The Labute approximate surface area is 98.9 Å². The minimum Gasteiger partial charge on any atom is -0.370 e. The maximum atomic E-state index is 2.51. The van der Waals surface area contributed by atoms with Crippen LogP contribution in [0, 0.1) is 13.8 Å². The van der Waals surface area contributed by atoms with Gasteiger partial charge in [-0.15, -0.1) is 0 Å². The van der Waals surface area contributed by atoms with Crippen LogP contribution in [0.1, 0.15) is 17.5 Å². The van der Waals surface area contributed by atoms with Crippen molar-refractivity contribution in [2.75, 3.05) is 38.1 Å². The Bertz CT molecular complexity index is 360. The van der Waals surface area contributed by atoms with Gasteiger partial charge in [-0.2, -0.15) is 0 Å². The van der Waals surface area contributed by atoms with E-state index in [9.17, 15) is 0 Å². The molecule has 0 amide bonds. The van der Waals surface area contributed by atoms with Crippen LogP contribution < -0.4 is 4.90 Å². The zero-order chi connectivity index (χ0) is 11.5. The number of rotatable bonds is 1. The fourth-order valence-corrected chi connectivity index (χ4v) is 2.23. The monoisotopic (exact) mass is 218 g/mol. The number of anilines is 1. The van der Waals surface area contributed by atoms with Gasteiger partial charge in [0.15, 0.2) is 0 Å². The Morgan fingerprint density at radius 3 is 2.50 bits per heavy atom. The highest BCUT2D eigenvalue weighted by Gasteiger charge is 2.12. The van der Waals surface area contributed by atoms with Crippen LogP contribution in [0.5, 0.6) is 0 Å². The van der Waals surface area contributed by atoms with E-state index in [1.807, 2.05) is 0 Å². The van der Waals surface area contributed by atoms with Crippen LogP contribution in [0.15, 0.2) is 18.2 Å². The minimum atomic E-state index is 1.15. The van der Waals surface area contributed by atoms with Gasteiger partial charge in [-0.05, 0) is 57.1 Å². The molecule has 0 unspecified atom stereocenters. The summed E-state index contributed by atoms with van der Waals surface area (Å²) in [6.07, 6.45) is 1.27. The predicted octanol–water partition coefficient (Wildman–Crippen LogP) is 2.45. The normalized spacial score (nSPS) is 18.6. The van der Waals surface area contributed by atoms with Crippen LogP contribution in [0.3, 0.4) is 0 Å². The zero-order valence-electron chi connectivity index (χ0n) is 10.7. The smallest absolute Gasteiger partial charge is 0.0369 e. The van der Waals surface area contributed by atoms with E-state index in [-0.39, 0.29) is 0 Å². The fraction of sp³-hybridized carbons (Fsp3) is 0.571. The highest BCUT2D eigenvalue weighted by molar-refractivity contribution is 5.50. The minimum absolute atomic E-state index is 1.15. The van der Waals surface area contributed by atoms with Gasteiger partial charge in [0.2, 0.25) is 0 Å². The summed E-state index contributed by atoms with van der Waals surface area (Å²) in [6.45, 7) is 9.11. The summed E-state index contributed by atoms with van der Waals surface area (Å²) in [5, 5.41) is 0. The molecular formula is C14H22N2. The Balaban J connectivity index is 2.13. The van der Waals surface area contributed by atoms with Gasteiger partial charge in [0.1, 0.15) is 0 Å². The van der Waals surface area contributed by atoms with Crippen molar-refractivity contribution in [1.82, 2.24) is 4.90 Å². The van der Waals surface area contributed by atoms with Gasteiger partial charge < -0.3 is 9.80 Å². The number of nitrogens with zero attached hydrogens (tertiary/aromatic N) is 2. The van der Waals surface area contributed by atoms with E-state index in [4.69, 9.17) is 0 Å². The lowest BCUT2D eigenvalue weighted by Crippen LogP contribution is -2.28. The predicted molar refractivity (Wildman–Crippen MR) is 70.2 cm³/mol. The van der Waals surface area contributed by atoms with Gasteiger partial charge in [0.25, 0.3) is 0 Å². The van der Waals surface area contributed by atoms with Crippen LogP contribution in [0.25, 0.3) is 0 Å². The Kier molecular flexibility index (Phi) is 3.49. The maximum Gasteiger partial charge on any atom is 0.0369 e. The van der Waals surface area contributed by atoms with Crippen molar-refractivity contribution in [2.24, 2.45) is 0 Å². The van der Waals surface area contributed by atoms with Crippen molar-refractivity contribution >= 4 is 5.69 Å². The molecule has 0 spiro atoms. The first kappa shape index (κ1) is 11.5. The van der Waals surface area contributed by atoms with Crippen molar-refractivity contribution in [3.8, 4) is 0 Å². The molecule has 16 heavy (non-hydrogen) atoms. The van der Waals surface area contributed by atoms with Crippen molar-refractivity contribution in [1.29, 1.82) is 0 Å². The first-order valence-corrected chi connectivity index (χ1v) is 6.17. The summed E-state index contributed by atoms with van der Waals surface area (Å²) >= 11 is 0. The van der Waals surface area contributed by atoms with E-state index >= 15 is 0 Å². The molecule has 1 fully saturated rings. The number of aryl methyl sites for hydroxylation is 2. The quantitative estimate of drug-likeness (QED) is 0.714. The lowest BCUT2D eigenvalue weighted by Gasteiger charge is -2.23. The third kappa shape index (κ3) is 2.56. The molecule has 2 heteroatoms. The molecule has 88 valence electrons. The van der Waals surface area contributed by atoms with Gasteiger partial charge >= 0.3 is 0 Å². The van der Waals surface area contributed by atoms with Gasteiger partial charge in [0.05, 0.1) is 0 Å². The van der Waals surface area contributed by atoms with Gasteiger partial charge in [-0.25, -0.2) is 0 Å². The highest BCUT2D eigenvalue weighted by atomic mass is 15.2. The molecule has 1 heterocycles. The summed E-state index contributed by atoms with van der Waals surface area (Å²) in [7, 11) is 2.21. The van der Waals surface area contributed by atoms with Crippen molar-refractivity contribution in [3.63, 3.8) is 0 Å². The second kappa shape index (κ2) is 4.88. The number of benzene rings is 1. The number of hydrogen-bond acceptors (Lipinski definition) is 2. The summed E-state index contributed by atoms with van der Waals surface area (Å²) in [5.41, 5.74) is 4.17. The topological polar surface area (TPSA) is 6.48 Å². The van der Waals surface area contributed by atoms with E-state index in [1.165, 1.54) is 42.9 Å². The Morgan fingerprint density at radius 1 is 0.938 bits per heavy atom. The van der Waals surface area contributed by atoms with E-state index in [1.54, 1.807) is 0 Å². The lowest BCUT2D eigenvalue weighted by atomic mass is 10.1.